The fraction of sp³-hybridized carbons (Fsp3) is 0.590. The van der Waals surface area contributed by atoms with Crippen LogP contribution in [0, 0.1) is 0 Å². The van der Waals surface area contributed by atoms with Crippen LogP contribution < -0.4 is 28.4 Å². The maximum Gasteiger partial charge on any atom is 0.145 e. The van der Waals surface area contributed by atoms with Gasteiger partial charge in [0.05, 0.1) is 19.8 Å². The van der Waals surface area contributed by atoms with Gasteiger partial charge in [-0.3, -0.25) is 0 Å². The van der Waals surface area contributed by atoms with Crippen molar-refractivity contribution < 1.29 is 72.5 Å². The molecule has 4 aliphatic rings. The summed E-state index contributed by atoms with van der Waals surface area (Å²) >= 11 is 0. The molecule has 0 spiro atoms. The summed E-state index contributed by atoms with van der Waals surface area (Å²) in [6, 6.07) is 27.7. The van der Waals surface area contributed by atoms with Gasteiger partial charge in [0.2, 0.25) is 0 Å². The molecule has 1 aliphatic carbocycles. The van der Waals surface area contributed by atoms with Gasteiger partial charge in [0.1, 0.15) is 127 Å². The van der Waals surface area contributed by atoms with Gasteiger partial charge in [-0.15, -0.1) is 30.8 Å². The van der Waals surface area contributed by atoms with Crippen molar-refractivity contribution in [2.24, 2.45) is 0 Å². The molecule has 0 unspecified atom stereocenters. The van der Waals surface area contributed by atoms with E-state index in [0.717, 1.165) is 100 Å². The van der Waals surface area contributed by atoms with E-state index in [4.69, 9.17) is 56.8 Å². The summed E-state index contributed by atoms with van der Waals surface area (Å²) in [5.74, 6) is 6.56. The first kappa shape index (κ1) is 108. The van der Waals surface area contributed by atoms with Crippen molar-refractivity contribution >= 4 is 0 Å². The summed E-state index contributed by atoms with van der Waals surface area (Å²) in [6.07, 6.45) is 3.78. The molecular formula is C117H168N3O15. The van der Waals surface area contributed by atoms with Gasteiger partial charge >= 0.3 is 0 Å². The Balaban J connectivity index is 1.38. The molecule has 3 fully saturated rings. The van der Waals surface area contributed by atoms with E-state index in [9.17, 15) is 15.6 Å². The zero-order chi connectivity index (χ0) is 101. The first-order chi connectivity index (χ1) is 62.1. The molecule has 0 saturated carbocycles. The quantitative estimate of drug-likeness (QED) is 0.0388. The van der Waals surface area contributed by atoms with Crippen molar-refractivity contribution in [3.05, 3.63) is 247 Å². The van der Waals surface area contributed by atoms with Crippen molar-refractivity contribution in [2.45, 2.75) is 390 Å². The van der Waals surface area contributed by atoms with Gasteiger partial charge in [-0.2, -0.15) is 0 Å². The second-order valence-electron chi connectivity index (χ2n) is 48.8. The van der Waals surface area contributed by atoms with Crippen LogP contribution in [0.1, 0.15) is 367 Å². The van der Waals surface area contributed by atoms with Gasteiger partial charge in [-0.25, -0.2) is 0 Å². The number of benzene rings is 6. The van der Waals surface area contributed by atoms with Crippen molar-refractivity contribution in [3.8, 4) is 34.5 Å². The van der Waals surface area contributed by atoms with Crippen molar-refractivity contribution in [3.63, 3.8) is 0 Å². The zero-order valence-electron chi connectivity index (χ0n) is 89.2. The highest BCUT2D eigenvalue weighted by molar-refractivity contribution is 5.62. The minimum atomic E-state index is -0.716. The van der Waals surface area contributed by atoms with E-state index < -0.39 is 65.7 Å². The topological polar surface area (TPSA) is 180 Å². The maximum atomic E-state index is 13.9. The lowest BCUT2D eigenvalue weighted by atomic mass is 9.79. The Kier molecular flexibility index (Phi) is 33.1. The van der Waals surface area contributed by atoms with Gasteiger partial charge in [0.25, 0.3) is 0 Å². The van der Waals surface area contributed by atoms with E-state index in [1.807, 2.05) is 104 Å². The molecular weight excluding hydrogens is 1690 g/mol. The minimum Gasteiger partial charge on any atom is -0.495 e. The SMILES string of the molecule is C=C(COc1c2cc(C(C)(C)C)cc1Cc1cc(C(C)(C)C)cc(c1OCC(=C)OC1CC(C)(C)N([O])C(C)(C)C1)Cc1cc(C(C)(C)C)cc(c1OCC(=C)OCC)Cc1cc(C(C)(C)C)cc(c1OCC(=C)OC1CC(C)(C)N([O])C(C)(C)C1)Cc1cc(C(C)(C)C)cc(c1OCC(=C)OCC)Cc1cc(C(C)(C)C)cc(c1OCC(=C)OC1CC(C)(C)N([O])C(C)(C)C1)C2)OCC. The normalized spacial score (nSPS) is 18.0. The Hall–Kier alpha value is -8.88. The van der Waals surface area contributed by atoms with Crippen molar-refractivity contribution in [1.29, 1.82) is 0 Å². The van der Waals surface area contributed by atoms with Crippen molar-refractivity contribution in [2.75, 3.05) is 59.5 Å². The molecule has 3 aliphatic heterocycles. The summed E-state index contributed by atoms with van der Waals surface area (Å²) < 4.78 is 85.0. The fourth-order valence-electron chi connectivity index (χ4n) is 20.3. The number of hydroxylamine groups is 6. The number of hydrogen-bond donors (Lipinski definition) is 0. The molecule has 741 valence electrons. The highest BCUT2D eigenvalue weighted by Gasteiger charge is 2.51. The van der Waals surface area contributed by atoms with Gasteiger partial charge in [-0.05, 0) is 236 Å². The predicted octanol–water partition coefficient (Wildman–Crippen LogP) is 26.9. The molecule has 18 nitrogen and oxygen atoms in total. The summed E-state index contributed by atoms with van der Waals surface area (Å²) in [6.45, 7) is 98.7. The molecule has 135 heavy (non-hydrogen) atoms. The highest BCUT2D eigenvalue weighted by Crippen LogP contribution is 2.50. The first-order valence-electron chi connectivity index (χ1n) is 49.2. The van der Waals surface area contributed by atoms with Gasteiger partial charge in [-0.1, -0.05) is 237 Å². The van der Waals surface area contributed by atoms with Crippen LogP contribution in [0.4, 0.5) is 0 Å². The summed E-state index contributed by atoms with van der Waals surface area (Å²) in [5, 5.41) is 45.5. The highest BCUT2D eigenvalue weighted by atomic mass is 16.6. The third-order valence-electron chi connectivity index (χ3n) is 26.9. The van der Waals surface area contributed by atoms with Gasteiger partial charge in [0, 0.05) is 110 Å². The third kappa shape index (κ3) is 27.2. The number of hydrogen-bond acceptors (Lipinski definition) is 15. The Bertz CT molecular complexity index is 4580. The van der Waals surface area contributed by atoms with Crippen LogP contribution in [0.5, 0.6) is 34.5 Å². The molecule has 0 N–H and O–H groups in total. The number of fused-ring (bicyclic) bond motifs is 12. The molecule has 3 saturated heterocycles. The van der Waals surface area contributed by atoms with E-state index in [-0.39, 0.29) is 58.0 Å². The summed E-state index contributed by atoms with van der Waals surface area (Å²) in [7, 11) is 0. The van der Waals surface area contributed by atoms with Crippen LogP contribution >= 0.6 is 0 Å². The summed E-state index contributed by atoms with van der Waals surface area (Å²) in [4.78, 5) is 0. The van der Waals surface area contributed by atoms with E-state index in [0.29, 0.717) is 166 Å². The fourth-order valence-corrected chi connectivity index (χ4v) is 20.3. The number of piperidine rings is 3. The average molecular weight is 1860 g/mol. The second kappa shape index (κ2) is 41.3. The lowest BCUT2D eigenvalue weighted by molar-refractivity contribution is -0.299. The molecule has 12 bridgehead atoms. The lowest BCUT2D eigenvalue weighted by Crippen LogP contribution is -2.59. The molecule has 0 aromatic heterocycles. The van der Waals surface area contributed by atoms with Crippen molar-refractivity contribution in [1.82, 2.24) is 15.2 Å². The van der Waals surface area contributed by atoms with E-state index in [1.165, 1.54) is 15.2 Å². The molecule has 0 amide bonds. The maximum absolute atomic E-state index is 13.9. The number of rotatable bonds is 30. The third-order valence-corrected chi connectivity index (χ3v) is 26.9. The van der Waals surface area contributed by atoms with Gasteiger partial charge < -0.3 is 56.8 Å². The summed E-state index contributed by atoms with van der Waals surface area (Å²) in [5.41, 5.74) is 10.3. The van der Waals surface area contributed by atoms with Crippen LogP contribution in [0.2, 0.25) is 0 Å². The van der Waals surface area contributed by atoms with Crippen LogP contribution in [-0.4, -0.2) is 126 Å². The number of nitrogens with zero attached hydrogens (tertiary/aromatic N) is 3. The minimum absolute atomic E-state index is 0.0234. The molecule has 3 radical (unpaired) electrons. The van der Waals surface area contributed by atoms with Gasteiger partial charge in [0.15, 0.2) is 0 Å². The average Bonchev–Trinajstić information content (AvgIpc) is 0.762. The molecule has 6 aromatic carbocycles. The molecule has 3 heterocycles. The Morgan fingerprint density at radius 2 is 0.378 bits per heavy atom. The largest absolute Gasteiger partial charge is 0.495 e. The van der Waals surface area contributed by atoms with E-state index >= 15 is 0 Å². The zero-order valence-corrected chi connectivity index (χ0v) is 89.2. The van der Waals surface area contributed by atoms with Crippen LogP contribution in [0.15, 0.2) is 147 Å². The second-order valence-corrected chi connectivity index (χ2v) is 48.8. The molecule has 18 heteroatoms. The number of ether oxygens (including phenoxy) is 12. The first-order valence-corrected chi connectivity index (χ1v) is 49.2. The Morgan fingerprint density at radius 3 is 0.496 bits per heavy atom. The van der Waals surface area contributed by atoms with Crippen LogP contribution in [0.25, 0.3) is 0 Å². The standard InChI is InChI=1S/C117H168N3O15/c1-40-124-73(4)67-127-100-79-43-85-55-94(109(19,20)21)57-87(103(85)130-70-76(7)133-97-61-112(28,29)118(121)113(30,31)62-97)45-81-51-92(107(13,14)15)53-83(101(81)128-68-74(5)125-41-2)47-89-59-96(111(25,26)27)60-90(105(89)132-72-78(9)135-99-65-116(36,37)120(123)117(38,39)66-99)48-84-54-93(108(16,17)18)52-82(102(84)129-69-75(6)126-42-3)46-88-58-95(110(22,23)24)56-86(44-80(100)50-91(49-79)106(10,11)12)104(88)131-71-77(8)134-98-63-114(32,33)119(122)115(34,35)64-98/h49-60,97-99H,4-9,40-48,61-72H2,1-3,10-39H3. The molecule has 0 atom stereocenters. The molecule has 6 aromatic rings. The monoisotopic (exact) mass is 1860 g/mol. The van der Waals surface area contributed by atoms with E-state index in [2.05, 4.69) is 237 Å². The Labute approximate surface area is 813 Å². The predicted molar refractivity (Wildman–Crippen MR) is 545 cm³/mol. The van der Waals surface area contributed by atoms with E-state index in [1.54, 1.807) is 0 Å². The van der Waals surface area contributed by atoms with Crippen LogP contribution in [0.3, 0.4) is 0 Å². The smallest absolute Gasteiger partial charge is 0.145 e. The lowest BCUT2D eigenvalue weighted by Gasteiger charge is -2.49. The Morgan fingerprint density at radius 1 is 0.252 bits per heavy atom. The molecule has 10 rings (SSSR count). The van der Waals surface area contributed by atoms with Crippen LogP contribution in [-0.2, 0) is 115 Å².